The Morgan fingerprint density at radius 2 is 1.71 bits per heavy atom. The molecule has 8 nitrogen and oxygen atoms in total. The number of methoxy groups -OCH3 is 1. The summed E-state index contributed by atoms with van der Waals surface area (Å²) in [6.45, 7) is 7.67. The Balaban J connectivity index is 2.27. The molecule has 0 unspecified atom stereocenters. The molecule has 0 saturated carbocycles. The minimum absolute atomic E-state index is 0.0344. The first kappa shape index (κ1) is 31.7. The van der Waals surface area contributed by atoms with Gasteiger partial charge in [0.05, 0.1) is 19.1 Å². The molecule has 0 aliphatic rings. The van der Waals surface area contributed by atoms with E-state index >= 15 is 0 Å². The third kappa shape index (κ3) is 9.36. The fourth-order valence-corrected chi connectivity index (χ4v) is 5.39. The number of rotatable bonds is 12. The lowest BCUT2D eigenvalue weighted by molar-refractivity contribution is -0.142. The number of hydrogen-bond acceptors (Lipinski definition) is 5. The van der Waals surface area contributed by atoms with Crippen molar-refractivity contribution in [2.45, 2.75) is 65.1 Å². The monoisotopic (exact) mass is 585 g/mol. The van der Waals surface area contributed by atoms with Crippen LogP contribution in [-0.2, 0) is 26.2 Å². The molecule has 0 saturated heterocycles. The van der Waals surface area contributed by atoms with Gasteiger partial charge in [0.15, 0.2) is 0 Å². The summed E-state index contributed by atoms with van der Waals surface area (Å²) in [6, 6.07) is 10.9. The third-order valence-electron chi connectivity index (χ3n) is 5.75. The molecule has 0 bridgehead atoms. The predicted molar refractivity (Wildman–Crippen MR) is 153 cm³/mol. The van der Waals surface area contributed by atoms with Crippen LogP contribution in [-0.4, -0.2) is 56.6 Å². The van der Waals surface area contributed by atoms with E-state index in [1.165, 1.54) is 16.3 Å². The molecule has 2 rings (SSSR count). The molecule has 0 aliphatic carbocycles. The maximum Gasteiger partial charge on any atom is 0.243 e. The van der Waals surface area contributed by atoms with Crippen LogP contribution < -0.4 is 14.4 Å². The number of anilines is 1. The van der Waals surface area contributed by atoms with Crippen LogP contribution in [0.2, 0.25) is 10.0 Å². The van der Waals surface area contributed by atoms with Crippen molar-refractivity contribution in [2.24, 2.45) is 0 Å². The molecule has 1 N–H and O–H groups in total. The van der Waals surface area contributed by atoms with E-state index in [4.69, 9.17) is 27.9 Å². The SMILES string of the molecule is CC[C@H](C(=O)NC(C)(C)C)N(Cc1ccc(Cl)cc1Cl)C(=O)CCCN(c1ccc(OC)cc1)S(C)(=O)=O. The lowest BCUT2D eigenvalue weighted by Gasteiger charge is -2.33. The zero-order chi connectivity index (χ0) is 28.7. The lowest BCUT2D eigenvalue weighted by atomic mass is 10.0. The Labute approximate surface area is 236 Å². The van der Waals surface area contributed by atoms with Crippen LogP contribution in [0.5, 0.6) is 5.75 Å². The van der Waals surface area contributed by atoms with Crippen molar-refractivity contribution >= 4 is 50.7 Å². The van der Waals surface area contributed by atoms with Gasteiger partial charge in [-0.1, -0.05) is 36.2 Å². The number of amides is 2. The van der Waals surface area contributed by atoms with Gasteiger partial charge in [-0.25, -0.2) is 8.42 Å². The van der Waals surface area contributed by atoms with Gasteiger partial charge in [0, 0.05) is 35.1 Å². The summed E-state index contributed by atoms with van der Waals surface area (Å²) in [5.74, 6) is 0.0533. The van der Waals surface area contributed by atoms with Crippen LogP contribution in [0, 0.1) is 0 Å². The zero-order valence-electron chi connectivity index (χ0n) is 22.8. The third-order valence-corrected chi connectivity index (χ3v) is 7.53. The van der Waals surface area contributed by atoms with Crippen molar-refractivity contribution in [3.8, 4) is 5.75 Å². The molecule has 2 aromatic rings. The summed E-state index contributed by atoms with van der Waals surface area (Å²) >= 11 is 12.4. The number of carbonyl (C=O) groups is 2. The minimum Gasteiger partial charge on any atom is -0.497 e. The van der Waals surface area contributed by atoms with Crippen LogP contribution in [0.4, 0.5) is 5.69 Å². The number of nitrogens with one attached hydrogen (secondary N) is 1. The van der Waals surface area contributed by atoms with Crippen LogP contribution >= 0.6 is 23.2 Å². The van der Waals surface area contributed by atoms with Crippen molar-refractivity contribution in [3.05, 3.63) is 58.1 Å². The maximum absolute atomic E-state index is 13.5. The van der Waals surface area contributed by atoms with E-state index in [2.05, 4.69) is 5.32 Å². The van der Waals surface area contributed by atoms with E-state index in [0.717, 1.165) is 6.26 Å². The number of halogens is 2. The first-order chi connectivity index (χ1) is 17.7. The van der Waals surface area contributed by atoms with Crippen LogP contribution in [0.25, 0.3) is 0 Å². The Hall–Kier alpha value is -2.49. The van der Waals surface area contributed by atoms with Gasteiger partial charge in [-0.2, -0.15) is 0 Å². The summed E-state index contributed by atoms with van der Waals surface area (Å²) in [5, 5.41) is 3.81. The van der Waals surface area contributed by atoms with Gasteiger partial charge >= 0.3 is 0 Å². The first-order valence-corrected chi connectivity index (χ1v) is 14.9. The number of carbonyl (C=O) groups excluding carboxylic acids is 2. The summed E-state index contributed by atoms with van der Waals surface area (Å²) in [4.78, 5) is 28.2. The second-order valence-corrected chi connectivity index (χ2v) is 12.8. The van der Waals surface area contributed by atoms with Crippen LogP contribution in [0.1, 0.15) is 52.5 Å². The highest BCUT2D eigenvalue weighted by molar-refractivity contribution is 7.92. The fraction of sp³-hybridized carbons (Fsp3) is 0.481. The fourth-order valence-electron chi connectivity index (χ4n) is 3.96. The van der Waals surface area contributed by atoms with Gasteiger partial charge in [-0.05, 0) is 75.6 Å². The minimum atomic E-state index is -3.60. The number of benzene rings is 2. The molecular weight excluding hydrogens is 549 g/mol. The molecule has 0 radical (unpaired) electrons. The van der Waals surface area contributed by atoms with E-state index in [0.29, 0.717) is 33.5 Å². The van der Waals surface area contributed by atoms with E-state index in [1.54, 1.807) is 42.5 Å². The highest BCUT2D eigenvalue weighted by Gasteiger charge is 2.31. The number of sulfonamides is 1. The zero-order valence-corrected chi connectivity index (χ0v) is 25.1. The topological polar surface area (TPSA) is 96.0 Å². The molecule has 38 heavy (non-hydrogen) atoms. The molecule has 0 aliphatic heterocycles. The molecule has 2 amide bonds. The van der Waals surface area contributed by atoms with Gasteiger partial charge in [0.25, 0.3) is 0 Å². The Morgan fingerprint density at radius 3 is 2.21 bits per heavy atom. The van der Waals surface area contributed by atoms with Crippen molar-refractivity contribution < 1.29 is 22.7 Å². The average Bonchev–Trinajstić information content (AvgIpc) is 2.81. The van der Waals surface area contributed by atoms with E-state index in [9.17, 15) is 18.0 Å². The molecule has 0 spiro atoms. The highest BCUT2D eigenvalue weighted by atomic mass is 35.5. The molecule has 210 valence electrons. The molecular formula is C27H37Cl2N3O5S. The Bertz CT molecular complexity index is 1210. The van der Waals surface area contributed by atoms with E-state index in [-0.39, 0.29) is 37.7 Å². The van der Waals surface area contributed by atoms with E-state index < -0.39 is 21.6 Å². The number of ether oxygens (including phenoxy) is 1. The van der Waals surface area contributed by atoms with Gasteiger partial charge in [-0.15, -0.1) is 0 Å². The lowest BCUT2D eigenvalue weighted by Crippen LogP contribution is -2.53. The maximum atomic E-state index is 13.5. The normalized spacial score (nSPS) is 12.5. The molecule has 0 fully saturated rings. The van der Waals surface area contributed by atoms with Crippen molar-refractivity contribution in [1.82, 2.24) is 10.2 Å². The molecule has 0 aromatic heterocycles. The first-order valence-electron chi connectivity index (χ1n) is 12.3. The Kier molecular flexibility index (Phi) is 11.3. The van der Waals surface area contributed by atoms with Gasteiger partial charge in [0.1, 0.15) is 11.8 Å². The second kappa shape index (κ2) is 13.5. The molecule has 11 heteroatoms. The summed E-state index contributed by atoms with van der Waals surface area (Å²) in [6.07, 6.45) is 1.80. The molecule has 2 aromatic carbocycles. The summed E-state index contributed by atoms with van der Waals surface area (Å²) < 4.78 is 31.4. The standard InChI is InChI=1S/C27H37Cl2N3O5S/c1-7-24(26(34)30-27(2,3)4)31(18-19-10-11-20(28)17-23(19)29)25(33)9-8-16-32(38(6,35)36)21-12-14-22(37-5)15-13-21/h10-15,17,24H,7-9,16,18H2,1-6H3,(H,30,34)/t24-/m1/s1. The van der Waals surface area contributed by atoms with Crippen molar-refractivity contribution in [2.75, 3.05) is 24.2 Å². The molecule has 0 heterocycles. The average molecular weight is 587 g/mol. The predicted octanol–water partition coefficient (Wildman–Crippen LogP) is 5.27. The second-order valence-electron chi connectivity index (χ2n) is 10.1. The van der Waals surface area contributed by atoms with Gasteiger partial charge in [0.2, 0.25) is 21.8 Å². The highest BCUT2D eigenvalue weighted by Crippen LogP contribution is 2.25. The number of hydrogen-bond donors (Lipinski definition) is 1. The Morgan fingerprint density at radius 1 is 1.08 bits per heavy atom. The smallest absolute Gasteiger partial charge is 0.243 e. The summed E-state index contributed by atoms with van der Waals surface area (Å²) in [7, 11) is -2.06. The van der Waals surface area contributed by atoms with E-state index in [1.807, 2.05) is 27.7 Å². The largest absolute Gasteiger partial charge is 0.497 e. The van der Waals surface area contributed by atoms with Crippen LogP contribution in [0.15, 0.2) is 42.5 Å². The van der Waals surface area contributed by atoms with Gasteiger partial charge in [-0.3, -0.25) is 13.9 Å². The molecule has 1 atom stereocenters. The summed E-state index contributed by atoms with van der Waals surface area (Å²) in [5.41, 5.74) is 0.648. The van der Waals surface area contributed by atoms with Crippen LogP contribution in [0.3, 0.4) is 0 Å². The van der Waals surface area contributed by atoms with Gasteiger partial charge < -0.3 is 15.0 Å². The number of nitrogens with zero attached hydrogens (tertiary/aromatic N) is 2. The van der Waals surface area contributed by atoms with Crippen molar-refractivity contribution in [3.63, 3.8) is 0 Å². The van der Waals surface area contributed by atoms with Crippen molar-refractivity contribution in [1.29, 1.82) is 0 Å². The quantitative estimate of drug-likeness (QED) is 0.366.